The molecule has 0 aliphatic carbocycles. The number of carbonyl (C=O) groups is 1. The van der Waals surface area contributed by atoms with Crippen LogP contribution in [0.25, 0.3) is 10.2 Å². The van der Waals surface area contributed by atoms with E-state index in [2.05, 4.69) is 18.0 Å². The fraction of sp³-hybridized carbons (Fsp3) is 0.300. The number of halogens is 1. The molecule has 0 aliphatic heterocycles. The monoisotopic (exact) mass is 371 g/mol. The molecule has 0 N–H and O–H groups in total. The molecule has 0 aliphatic rings. The Morgan fingerprint density at radius 1 is 1.15 bits per heavy atom. The lowest BCUT2D eigenvalue weighted by atomic mass is 10.2. The predicted octanol–water partition coefficient (Wildman–Crippen LogP) is 4.09. The molecule has 0 unspecified atom stereocenters. The van der Waals surface area contributed by atoms with Crippen LogP contribution in [0.4, 0.5) is 4.39 Å². The van der Waals surface area contributed by atoms with Gasteiger partial charge in [0.25, 0.3) is 0 Å². The maximum atomic E-state index is 13.0. The molecule has 6 heteroatoms. The Labute approximate surface area is 156 Å². The van der Waals surface area contributed by atoms with Crippen molar-refractivity contribution in [2.75, 3.05) is 20.6 Å². The molecule has 3 aromatic rings. The molecule has 0 bridgehead atoms. The molecule has 1 atom stereocenters. The number of para-hydroxylation sites is 1. The lowest BCUT2D eigenvalue weighted by molar-refractivity contribution is -0.131. The van der Waals surface area contributed by atoms with E-state index in [1.165, 1.54) is 12.1 Å². The number of likely N-dealkylation sites (N-methyl/N-ethyl adjacent to an activating group) is 2. The van der Waals surface area contributed by atoms with Crippen LogP contribution in [-0.2, 0) is 11.3 Å². The zero-order valence-corrected chi connectivity index (χ0v) is 16.0. The molecule has 0 radical (unpaired) electrons. The first-order valence-electron chi connectivity index (χ1n) is 8.48. The number of hydrogen-bond donors (Lipinski definition) is 0. The molecule has 0 saturated heterocycles. The highest BCUT2D eigenvalue weighted by molar-refractivity contribution is 7.18. The molecule has 0 spiro atoms. The van der Waals surface area contributed by atoms with Gasteiger partial charge in [0.1, 0.15) is 10.8 Å². The van der Waals surface area contributed by atoms with Crippen LogP contribution < -0.4 is 0 Å². The maximum absolute atomic E-state index is 13.0. The first kappa shape index (κ1) is 18.5. The van der Waals surface area contributed by atoms with Gasteiger partial charge in [-0.15, -0.1) is 11.3 Å². The summed E-state index contributed by atoms with van der Waals surface area (Å²) in [6.07, 6.45) is 0. The van der Waals surface area contributed by atoms with Gasteiger partial charge in [-0.2, -0.15) is 0 Å². The highest BCUT2D eigenvalue weighted by atomic mass is 32.1. The summed E-state index contributed by atoms with van der Waals surface area (Å²) in [6.45, 7) is 2.82. The molecule has 0 fully saturated rings. The van der Waals surface area contributed by atoms with Crippen LogP contribution in [0, 0.1) is 5.82 Å². The molecular formula is C20H22FN3OS. The summed E-state index contributed by atoms with van der Waals surface area (Å²) in [5.74, 6) is -0.253. The summed E-state index contributed by atoms with van der Waals surface area (Å²) in [4.78, 5) is 20.9. The van der Waals surface area contributed by atoms with Crippen LogP contribution in [-0.4, -0.2) is 41.3 Å². The van der Waals surface area contributed by atoms with Crippen LogP contribution in [0.1, 0.15) is 23.5 Å². The normalized spacial score (nSPS) is 12.5. The zero-order valence-electron chi connectivity index (χ0n) is 15.1. The molecule has 1 aromatic heterocycles. The lowest BCUT2D eigenvalue weighted by Crippen LogP contribution is -2.37. The summed E-state index contributed by atoms with van der Waals surface area (Å²) in [7, 11) is 3.70. The van der Waals surface area contributed by atoms with E-state index in [9.17, 15) is 9.18 Å². The number of carbonyl (C=O) groups excluding carboxylic acids is 1. The third-order valence-electron chi connectivity index (χ3n) is 4.47. The Bertz CT molecular complexity index is 860. The van der Waals surface area contributed by atoms with Crippen LogP contribution in [0.3, 0.4) is 0 Å². The summed E-state index contributed by atoms with van der Waals surface area (Å²) in [5.41, 5.74) is 1.90. The third kappa shape index (κ3) is 4.26. The van der Waals surface area contributed by atoms with Gasteiger partial charge in [0.15, 0.2) is 0 Å². The van der Waals surface area contributed by atoms with Crippen molar-refractivity contribution < 1.29 is 9.18 Å². The first-order valence-corrected chi connectivity index (χ1v) is 9.30. The van der Waals surface area contributed by atoms with Crippen LogP contribution in [0.2, 0.25) is 0 Å². The minimum absolute atomic E-state index is 0.0183. The molecule has 26 heavy (non-hydrogen) atoms. The van der Waals surface area contributed by atoms with Gasteiger partial charge in [-0.05, 0) is 43.8 Å². The van der Waals surface area contributed by atoms with Crippen molar-refractivity contribution in [2.24, 2.45) is 0 Å². The topological polar surface area (TPSA) is 36.4 Å². The van der Waals surface area contributed by atoms with Gasteiger partial charge in [0.2, 0.25) is 5.91 Å². The first-order chi connectivity index (χ1) is 12.4. The van der Waals surface area contributed by atoms with E-state index >= 15 is 0 Å². The minimum Gasteiger partial charge on any atom is -0.340 e. The number of thiazole rings is 1. The van der Waals surface area contributed by atoms with E-state index in [-0.39, 0.29) is 17.8 Å². The average molecular weight is 371 g/mol. The van der Waals surface area contributed by atoms with Gasteiger partial charge in [-0.1, -0.05) is 24.3 Å². The van der Waals surface area contributed by atoms with Gasteiger partial charge < -0.3 is 4.90 Å². The zero-order chi connectivity index (χ0) is 18.7. The highest BCUT2D eigenvalue weighted by Crippen LogP contribution is 2.28. The number of amides is 1. The third-order valence-corrected chi connectivity index (χ3v) is 5.68. The summed E-state index contributed by atoms with van der Waals surface area (Å²) >= 11 is 1.66. The van der Waals surface area contributed by atoms with Gasteiger partial charge in [-0.25, -0.2) is 9.37 Å². The van der Waals surface area contributed by atoms with Gasteiger partial charge in [0, 0.05) is 13.6 Å². The van der Waals surface area contributed by atoms with Crippen LogP contribution in [0.5, 0.6) is 0 Å². The fourth-order valence-corrected chi connectivity index (χ4v) is 3.76. The Kier molecular flexibility index (Phi) is 5.64. The number of hydrogen-bond acceptors (Lipinski definition) is 4. The lowest BCUT2D eigenvalue weighted by Gasteiger charge is -2.25. The van der Waals surface area contributed by atoms with Crippen molar-refractivity contribution in [3.63, 3.8) is 0 Å². The molecule has 1 amide bonds. The van der Waals surface area contributed by atoms with E-state index < -0.39 is 0 Å². The van der Waals surface area contributed by atoms with Crippen molar-refractivity contribution in [1.82, 2.24) is 14.8 Å². The molecule has 3 rings (SSSR count). The molecule has 0 saturated carbocycles. The van der Waals surface area contributed by atoms with Gasteiger partial charge >= 0.3 is 0 Å². The van der Waals surface area contributed by atoms with E-state index in [0.717, 1.165) is 20.8 Å². The molecule has 2 aromatic carbocycles. The molecule has 1 heterocycles. The second-order valence-electron chi connectivity index (χ2n) is 6.49. The summed E-state index contributed by atoms with van der Waals surface area (Å²) in [6, 6.07) is 14.3. The standard InChI is InChI=1S/C20H22FN3OS/c1-14(20-22-17-6-4-5-7-18(17)26-20)23(2)13-19(25)24(3)12-15-8-10-16(21)11-9-15/h4-11,14H,12-13H2,1-3H3/t14-/m0/s1. The van der Waals surface area contributed by atoms with Crippen molar-refractivity contribution in [3.05, 3.63) is 64.9 Å². The van der Waals surface area contributed by atoms with Crippen molar-refractivity contribution in [3.8, 4) is 0 Å². The number of aromatic nitrogens is 1. The molecular weight excluding hydrogens is 349 g/mol. The number of fused-ring (bicyclic) bond motifs is 1. The Morgan fingerprint density at radius 3 is 2.54 bits per heavy atom. The SMILES string of the molecule is C[C@@H](c1nc2ccccc2s1)N(C)CC(=O)N(C)Cc1ccc(F)cc1. The summed E-state index contributed by atoms with van der Waals surface area (Å²) < 4.78 is 14.1. The molecule has 4 nitrogen and oxygen atoms in total. The number of nitrogens with zero attached hydrogens (tertiary/aromatic N) is 3. The number of benzene rings is 2. The van der Waals surface area contributed by atoms with Crippen LogP contribution >= 0.6 is 11.3 Å². The Morgan fingerprint density at radius 2 is 1.85 bits per heavy atom. The van der Waals surface area contributed by atoms with Crippen molar-refractivity contribution in [2.45, 2.75) is 19.5 Å². The largest absolute Gasteiger partial charge is 0.340 e. The van der Waals surface area contributed by atoms with Crippen molar-refractivity contribution >= 4 is 27.5 Å². The van der Waals surface area contributed by atoms with E-state index in [1.807, 2.05) is 30.1 Å². The quantitative estimate of drug-likeness (QED) is 0.655. The maximum Gasteiger partial charge on any atom is 0.236 e. The predicted molar refractivity (Wildman–Crippen MR) is 104 cm³/mol. The van der Waals surface area contributed by atoms with Crippen LogP contribution in [0.15, 0.2) is 48.5 Å². The van der Waals surface area contributed by atoms with Gasteiger partial charge in [-0.3, -0.25) is 9.69 Å². The summed E-state index contributed by atoms with van der Waals surface area (Å²) in [5, 5.41) is 1.00. The van der Waals surface area contributed by atoms with E-state index in [4.69, 9.17) is 0 Å². The second kappa shape index (κ2) is 7.93. The smallest absolute Gasteiger partial charge is 0.236 e. The fourth-order valence-electron chi connectivity index (χ4n) is 2.68. The molecule has 136 valence electrons. The van der Waals surface area contributed by atoms with E-state index in [0.29, 0.717) is 13.1 Å². The van der Waals surface area contributed by atoms with Crippen molar-refractivity contribution in [1.29, 1.82) is 0 Å². The minimum atomic E-state index is -0.271. The number of rotatable bonds is 6. The van der Waals surface area contributed by atoms with Gasteiger partial charge in [0.05, 0.1) is 22.8 Å². The highest BCUT2D eigenvalue weighted by Gasteiger charge is 2.20. The van der Waals surface area contributed by atoms with E-state index in [1.54, 1.807) is 35.4 Å². The Hall–Kier alpha value is -2.31. The average Bonchev–Trinajstić information content (AvgIpc) is 3.06. The Balaban J connectivity index is 1.61. The second-order valence-corrected chi connectivity index (χ2v) is 7.55.